The molecule has 0 aromatic heterocycles. The summed E-state index contributed by atoms with van der Waals surface area (Å²) >= 11 is 0. The summed E-state index contributed by atoms with van der Waals surface area (Å²) in [4.78, 5) is 11.3. The summed E-state index contributed by atoms with van der Waals surface area (Å²) in [5.74, 6) is -2.90. The minimum Gasteiger partial charge on any atom is -0.489 e. The number of amides is 1. The van der Waals surface area contributed by atoms with E-state index in [0.29, 0.717) is 5.75 Å². The molecule has 0 saturated carbocycles. The molecule has 0 spiro atoms. The quantitative estimate of drug-likeness (QED) is 0.898. The molecule has 3 rings (SSSR count). The van der Waals surface area contributed by atoms with Crippen molar-refractivity contribution in [2.45, 2.75) is 18.6 Å². The topological polar surface area (TPSA) is 47.6 Å². The van der Waals surface area contributed by atoms with E-state index in [0.717, 1.165) is 5.56 Å². The number of para-hydroxylation sites is 1. The summed E-state index contributed by atoms with van der Waals surface area (Å²) in [6.07, 6.45) is -0.862. The molecule has 2 aromatic rings. The van der Waals surface area contributed by atoms with Gasteiger partial charge in [0.25, 0.3) is 0 Å². The van der Waals surface area contributed by atoms with Crippen LogP contribution in [0.5, 0.6) is 5.75 Å². The van der Waals surface area contributed by atoms with Crippen molar-refractivity contribution < 1.29 is 23.0 Å². The van der Waals surface area contributed by atoms with Crippen LogP contribution < -0.4 is 10.1 Å². The van der Waals surface area contributed by atoms with Crippen molar-refractivity contribution in [3.63, 3.8) is 0 Å². The van der Waals surface area contributed by atoms with Crippen LogP contribution in [0.25, 0.3) is 0 Å². The Kier molecular flexibility index (Phi) is 5.62. The third kappa shape index (κ3) is 3.94. The Morgan fingerprint density at radius 1 is 1.12 bits per heavy atom. The Balaban J connectivity index is 0.00000208. The highest BCUT2D eigenvalue weighted by atomic mass is 35.5. The van der Waals surface area contributed by atoms with E-state index in [4.69, 9.17) is 4.74 Å². The van der Waals surface area contributed by atoms with Crippen molar-refractivity contribution in [2.75, 3.05) is 6.61 Å². The van der Waals surface area contributed by atoms with Crippen LogP contribution >= 0.6 is 12.4 Å². The lowest BCUT2D eigenvalue weighted by Gasteiger charge is -2.32. The summed E-state index contributed by atoms with van der Waals surface area (Å²) in [7, 11) is 0. The molecular weight excluding hydrogens is 340 g/mol. The second-order valence-corrected chi connectivity index (χ2v) is 5.23. The number of carbonyl (C=O) groups excluding carboxylic acids is 1. The molecule has 0 aliphatic carbocycles. The first kappa shape index (κ1) is 18.0. The van der Waals surface area contributed by atoms with Gasteiger partial charge in [-0.05, 0) is 11.6 Å². The Hall–Kier alpha value is -2.34. The van der Waals surface area contributed by atoms with Gasteiger partial charge in [-0.25, -0.2) is 13.6 Å². The molecule has 128 valence electrons. The Labute approximate surface area is 144 Å². The van der Waals surface area contributed by atoms with Gasteiger partial charge < -0.3 is 14.8 Å². The van der Waals surface area contributed by atoms with Crippen molar-refractivity contribution >= 4 is 18.5 Å². The number of cyclic esters (lactones) is 1. The third-order valence-corrected chi connectivity index (χ3v) is 3.55. The van der Waals surface area contributed by atoms with Crippen LogP contribution in [-0.2, 0) is 11.3 Å². The van der Waals surface area contributed by atoms with E-state index in [1.165, 1.54) is 6.07 Å². The highest BCUT2D eigenvalue weighted by Crippen LogP contribution is 2.38. The third-order valence-electron chi connectivity index (χ3n) is 3.55. The van der Waals surface area contributed by atoms with Crippen molar-refractivity contribution in [1.82, 2.24) is 5.32 Å². The molecule has 1 aliphatic heterocycles. The van der Waals surface area contributed by atoms with Gasteiger partial charge in [-0.3, -0.25) is 0 Å². The number of ether oxygens (including phenoxy) is 2. The minimum absolute atomic E-state index is 0. The molecule has 0 radical (unpaired) electrons. The van der Waals surface area contributed by atoms with Gasteiger partial charge in [0.1, 0.15) is 18.4 Å². The first-order valence-corrected chi connectivity index (χ1v) is 7.13. The average molecular weight is 356 g/mol. The second kappa shape index (κ2) is 7.49. The lowest BCUT2D eigenvalue weighted by molar-refractivity contribution is -0.104. The fourth-order valence-corrected chi connectivity index (χ4v) is 2.40. The molecule has 7 heteroatoms. The lowest BCUT2D eigenvalue weighted by Crippen LogP contribution is -2.49. The van der Waals surface area contributed by atoms with E-state index < -0.39 is 24.7 Å². The first-order valence-electron chi connectivity index (χ1n) is 7.13. The van der Waals surface area contributed by atoms with Gasteiger partial charge in [0, 0.05) is 5.56 Å². The van der Waals surface area contributed by atoms with Gasteiger partial charge in [0.2, 0.25) is 0 Å². The normalized spacial score (nSPS) is 18.8. The van der Waals surface area contributed by atoms with Gasteiger partial charge in [-0.15, -0.1) is 12.4 Å². The molecule has 2 aromatic carbocycles. The molecule has 1 N–H and O–H groups in total. The smallest absolute Gasteiger partial charge is 0.408 e. The van der Waals surface area contributed by atoms with Crippen LogP contribution in [0, 0.1) is 0 Å². The molecule has 1 amide bonds. The maximum absolute atomic E-state index is 14.1. The molecule has 0 unspecified atom stereocenters. The van der Waals surface area contributed by atoms with Gasteiger partial charge in [-0.2, -0.15) is 0 Å². The zero-order valence-corrected chi connectivity index (χ0v) is 13.4. The summed E-state index contributed by atoms with van der Waals surface area (Å²) in [5, 5.41) is 2.17. The fourth-order valence-electron chi connectivity index (χ4n) is 2.40. The van der Waals surface area contributed by atoms with E-state index in [1.807, 2.05) is 30.3 Å². The van der Waals surface area contributed by atoms with Crippen LogP contribution in [0.2, 0.25) is 0 Å². The van der Waals surface area contributed by atoms with Crippen molar-refractivity contribution in [3.8, 4) is 5.75 Å². The highest BCUT2D eigenvalue weighted by Gasteiger charge is 2.47. The Morgan fingerprint density at radius 3 is 2.54 bits per heavy atom. The highest BCUT2D eigenvalue weighted by molar-refractivity contribution is 5.85. The summed E-state index contributed by atoms with van der Waals surface area (Å²) in [5.41, 5.74) is 1.15. The number of alkyl halides is 2. The molecule has 4 nitrogen and oxygen atoms in total. The van der Waals surface area contributed by atoms with E-state index in [9.17, 15) is 13.6 Å². The second-order valence-electron chi connectivity index (χ2n) is 5.23. The number of nitrogens with one attached hydrogen (secondary N) is 1. The zero-order valence-electron chi connectivity index (χ0n) is 12.6. The number of hydrogen-bond acceptors (Lipinski definition) is 3. The Bertz CT molecular complexity index is 697. The van der Waals surface area contributed by atoms with E-state index >= 15 is 0 Å². The monoisotopic (exact) mass is 355 g/mol. The molecule has 1 fully saturated rings. The maximum atomic E-state index is 14.1. The number of carbonyl (C=O) groups is 1. The number of hydrogen-bond donors (Lipinski definition) is 1. The van der Waals surface area contributed by atoms with Crippen molar-refractivity contribution in [2.24, 2.45) is 0 Å². The van der Waals surface area contributed by atoms with Crippen LogP contribution in [0.1, 0.15) is 17.2 Å². The molecule has 1 atom stereocenters. The van der Waals surface area contributed by atoms with Crippen molar-refractivity contribution in [1.29, 1.82) is 0 Å². The number of benzene rings is 2. The fraction of sp³-hybridized carbons (Fsp3) is 0.235. The summed E-state index contributed by atoms with van der Waals surface area (Å²) < 4.78 is 38.2. The molecular formula is C17H16ClF2NO3. The number of rotatable bonds is 4. The maximum Gasteiger partial charge on any atom is 0.408 e. The molecule has 1 aliphatic rings. The minimum atomic E-state index is -3.21. The SMILES string of the molecule is Cl.O=C1N[C@@H](c2ccccc2OCc2ccccc2)C(F)(F)CO1. The van der Waals surface area contributed by atoms with Gasteiger partial charge in [0.15, 0.2) is 6.61 Å². The average Bonchev–Trinajstić information content (AvgIpc) is 2.56. The predicted molar refractivity (Wildman–Crippen MR) is 86.6 cm³/mol. The van der Waals surface area contributed by atoms with Crippen LogP contribution in [-0.4, -0.2) is 18.6 Å². The van der Waals surface area contributed by atoms with E-state index in [2.05, 4.69) is 10.1 Å². The molecule has 24 heavy (non-hydrogen) atoms. The largest absolute Gasteiger partial charge is 0.489 e. The summed E-state index contributed by atoms with van der Waals surface area (Å²) in [6.45, 7) is -0.697. The van der Waals surface area contributed by atoms with Gasteiger partial charge in [0.05, 0.1) is 0 Å². The van der Waals surface area contributed by atoms with Crippen LogP contribution in [0.3, 0.4) is 0 Å². The molecule has 1 heterocycles. The standard InChI is InChI=1S/C17H15F2NO3.ClH/c18-17(19)11-23-16(21)20-15(17)13-8-4-5-9-14(13)22-10-12-6-2-1-3-7-12;/h1-9,15H,10-11H2,(H,20,21);1H/t15-;/m0./s1. The zero-order chi connectivity index (χ0) is 16.3. The number of halogens is 3. The van der Waals surface area contributed by atoms with Crippen LogP contribution in [0.4, 0.5) is 13.6 Å². The van der Waals surface area contributed by atoms with Crippen molar-refractivity contribution in [3.05, 3.63) is 65.7 Å². The van der Waals surface area contributed by atoms with Gasteiger partial charge >= 0.3 is 12.0 Å². The molecule has 0 bridgehead atoms. The summed E-state index contributed by atoms with van der Waals surface area (Å²) in [6, 6.07) is 14.4. The van der Waals surface area contributed by atoms with Gasteiger partial charge in [-0.1, -0.05) is 48.5 Å². The molecule has 1 saturated heterocycles. The van der Waals surface area contributed by atoms with E-state index in [1.54, 1.807) is 18.2 Å². The van der Waals surface area contributed by atoms with E-state index in [-0.39, 0.29) is 24.6 Å². The van der Waals surface area contributed by atoms with Crippen LogP contribution in [0.15, 0.2) is 54.6 Å². The number of alkyl carbamates (subject to hydrolysis) is 1. The lowest BCUT2D eigenvalue weighted by atomic mass is 9.99. The Morgan fingerprint density at radius 2 is 1.79 bits per heavy atom. The first-order chi connectivity index (χ1) is 11.1. The predicted octanol–water partition coefficient (Wildman–Crippen LogP) is 4.10.